The first-order valence-electron chi connectivity index (χ1n) is 8.58. The van der Waals surface area contributed by atoms with Crippen LogP contribution in [0.3, 0.4) is 0 Å². The molecule has 2 aromatic carbocycles. The molecule has 2 amide bonds. The van der Waals surface area contributed by atoms with Crippen molar-refractivity contribution in [1.29, 1.82) is 0 Å². The maximum Gasteiger partial charge on any atom is 0.257 e. The monoisotopic (exact) mass is 450 g/mol. The van der Waals surface area contributed by atoms with Crippen LogP contribution in [0.15, 0.2) is 40.9 Å². The van der Waals surface area contributed by atoms with Crippen molar-refractivity contribution in [1.82, 2.24) is 0 Å². The fourth-order valence-corrected chi connectivity index (χ4v) is 3.47. The molecule has 0 bridgehead atoms. The Hall–Kier alpha value is -2.05. The van der Waals surface area contributed by atoms with Crippen LogP contribution < -0.4 is 15.0 Å². The van der Waals surface area contributed by atoms with Gasteiger partial charge in [-0.3, -0.25) is 9.59 Å². The average molecular weight is 452 g/mol. The molecule has 0 aromatic heterocycles. The van der Waals surface area contributed by atoms with Gasteiger partial charge in [0, 0.05) is 22.8 Å². The van der Waals surface area contributed by atoms with Gasteiger partial charge in [0.25, 0.3) is 5.91 Å². The van der Waals surface area contributed by atoms with Crippen molar-refractivity contribution in [3.63, 3.8) is 0 Å². The molecule has 1 N–H and O–H groups in total. The van der Waals surface area contributed by atoms with Crippen LogP contribution in [0.1, 0.15) is 31.1 Å². The fourth-order valence-electron chi connectivity index (χ4n) is 2.91. The van der Waals surface area contributed by atoms with E-state index in [1.54, 1.807) is 41.3 Å². The van der Waals surface area contributed by atoms with Gasteiger partial charge in [-0.05, 0) is 51.1 Å². The van der Waals surface area contributed by atoms with E-state index in [0.717, 1.165) is 4.47 Å². The molecule has 0 saturated heterocycles. The first kappa shape index (κ1) is 19.7. The van der Waals surface area contributed by atoms with Gasteiger partial charge in [0.2, 0.25) is 5.91 Å². The van der Waals surface area contributed by atoms with Gasteiger partial charge in [0.15, 0.2) is 0 Å². The molecule has 142 valence electrons. The van der Waals surface area contributed by atoms with Crippen LogP contribution in [0.5, 0.6) is 5.75 Å². The van der Waals surface area contributed by atoms with Crippen molar-refractivity contribution in [2.45, 2.75) is 20.8 Å². The third-order valence-corrected chi connectivity index (χ3v) is 5.23. The molecule has 1 heterocycles. The lowest BCUT2D eigenvalue weighted by molar-refractivity contribution is -0.127. The van der Waals surface area contributed by atoms with E-state index in [-0.39, 0.29) is 18.4 Å². The van der Waals surface area contributed by atoms with E-state index in [1.165, 1.54) is 0 Å². The summed E-state index contributed by atoms with van der Waals surface area (Å²) in [5, 5.41) is 3.20. The third kappa shape index (κ3) is 3.96. The second-order valence-electron chi connectivity index (χ2n) is 6.98. The van der Waals surface area contributed by atoms with E-state index in [4.69, 9.17) is 16.3 Å². The Bertz CT molecular complexity index is 914. The molecule has 0 radical (unpaired) electrons. The average Bonchev–Trinajstić information content (AvgIpc) is 2.72. The highest BCUT2D eigenvalue weighted by Crippen LogP contribution is 2.38. The van der Waals surface area contributed by atoms with Crippen LogP contribution >= 0.6 is 27.5 Å². The molecule has 27 heavy (non-hydrogen) atoms. The fraction of sp³-hybridized carbons (Fsp3) is 0.300. The molecule has 0 saturated carbocycles. The highest BCUT2D eigenvalue weighted by molar-refractivity contribution is 9.10. The van der Waals surface area contributed by atoms with Crippen molar-refractivity contribution in [3.05, 3.63) is 51.5 Å². The molecule has 2 aromatic rings. The van der Waals surface area contributed by atoms with Gasteiger partial charge < -0.3 is 15.0 Å². The smallest absolute Gasteiger partial charge is 0.257 e. The van der Waals surface area contributed by atoms with Crippen LogP contribution in [0, 0.1) is 5.41 Å². The summed E-state index contributed by atoms with van der Waals surface area (Å²) in [6.45, 7) is 6.46. The molecule has 0 unspecified atom stereocenters. The molecular weight excluding hydrogens is 432 g/mol. The zero-order valence-corrected chi connectivity index (χ0v) is 17.6. The summed E-state index contributed by atoms with van der Waals surface area (Å²) in [4.78, 5) is 27.0. The second-order valence-corrected chi connectivity index (χ2v) is 8.31. The summed E-state index contributed by atoms with van der Waals surface area (Å²) in [6, 6.07) is 10.4. The van der Waals surface area contributed by atoms with Crippen LogP contribution in [0.2, 0.25) is 5.02 Å². The Balaban J connectivity index is 1.90. The summed E-state index contributed by atoms with van der Waals surface area (Å²) >= 11 is 9.47. The van der Waals surface area contributed by atoms with Gasteiger partial charge in [-0.25, -0.2) is 0 Å². The normalized spacial score (nSPS) is 15.6. The number of carbonyl (C=O) groups excluding carboxylic acids is 2. The number of rotatable bonds is 3. The molecule has 0 atom stereocenters. The minimum Gasteiger partial charge on any atom is -0.490 e. The van der Waals surface area contributed by atoms with E-state index in [9.17, 15) is 9.59 Å². The van der Waals surface area contributed by atoms with Gasteiger partial charge in [-0.15, -0.1) is 0 Å². The SMILES string of the molecule is CCN1C(=O)C(C)(C)COc2cc(NC(=O)c3cc(Br)ccc3Cl)ccc21. The summed E-state index contributed by atoms with van der Waals surface area (Å²) in [5.74, 6) is 0.258. The first-order valence-corrected chi connectivity index (χ1v) is 9.75. The number of ether oxygens (including phenoxy) is 1. The molecular formula is C20H20BrClN2O3. The van der Waals surface area contributed by atoms with E-state index >= 15 is 0 Å². The lowest BCUT2D eigenvalue weighted by Crippen LogP contribution is -2.42. The Morgan fingerprint density at radius 1 is 1.30 bits per heavy atom. The standard InChI is InChI=1S/C20H20BrClN2O3/c1-4-24-16-8-6-13(10-17(16)27-11-20(2,3)19(24)26)23-18(25)14-9-12(21)5-7-15(14)22/h5-10H,4,11H2,1-3H3,(H,23,25). The Labute approximate surface area is 171 Å². The number of carbonyl (C=O) groups is 2. The number of nitrogens with one attached hydrogen (secondary N) is 1. The first-order chi connectivity index (χ1) is 12.7. The minimum absolute atomic E-state index is 0.0152. The van der Waals surface area contributed by atoms with Crippen molar-refractivity contribution in [2.24, 2.45) is 5.41 Å². The van der Waals surface area contributed by atoms with Crippen molar-refractivity contribution in [3.8, 4) is 5.75 Å². The van der Waals surface area contributed by atoms with Gasteiger partial charge in [-0.2, -0.15) is 0 Å². The number of amides is 2. The quantitative estimate of drug-likeness (QED) is 0.704. The maximum atomic E-state index is 12.7. The van der Waals surface area contributed by atoms with Gasteiger partial charge in [0.1, 0.15) is 12.4 Å². The Morgan fingerprint density at radius 2 is 2.04 bits per heavy atom. The molecule has 7 heteroatoms. The van der Waals surface area contributed by atoms with Crippen molar-refractivity contribution < 1.29 is 14.3 Å². The maximum absolute atomic E-state index is 12.7. The molecule has 5 nitrogen and oxygen atoms in total. The molecule has 0 aliphatic carbocycles. The molecule has 3 rings (SSSR count). The van der Waals surface area contributed by atoms with Crippen molar-refractivity contribution >= 4 is 50.7 Å². The summed E-state index contributed by atoms with van der Waals surface area (Å²) in [6.07, 6.45) is 0. The minimum atomic E-state index is -0.623. The summed E-state index contributed by atoms with van der Waals surface area (Å²) < 4.78 is 6.66. The largest absolute Gasteiger partial charge is 0.490 e. The van der Waals surface area contributed by atoms with E-state index < -0.39 is 5.41 Å². The predicted octanol–water partition coefficient (Wildman–Crippen LogP) is 5.13. The van der Waals surface area contributed by atoms with Gasteiger partial charge in [0.05, 0.1) is 21.7 Å². The number of fused-ring (bicyclic) bond motifs is 1. The highest BCUT2D eigenvalue weighted by Gasteiger charge is 2.37. The lowest BCUT2D eigenvalue weighted by Gasteiger charge is -2.26. The Morgan fingerprint density at radius 3 is 2.74 bits per heavy atom. The summed E-state index contributed by atoms with van der Waals surface area (Å²) in [7, 11) is 0. The Kier molecular flexibility index (Phi) is 5.49. The number of halogens is 2. The number of anilines is 2. The van der Waals surface area contributed by atoms with E-state index in [1.807, 2.05) is 20.8 Å². The van der Waals surface area contributed by atoms with Gasteiger partial charge in [-0.1, -0.05) is 27.5 Å². The number of benzene rings is 2. The zero-order chi connectivity index (χ0) is 19.8. The second kappa shape index (κ2) is 7.52. The van der Waals surface area contributed by atoms with Crippen LogP contribution in [-0.4, -0.2) is 25.0 Å². The molecule has 1 aliphatic heterocycles. The highest BCUT2D eigenvalue weighted by atomic mass is 79.9. The predicted molar refractivity (Wildman–Crippen MR) is 111 cm³/mol. The van der Waals surface area contributed by atoms with E-state index in [2.05, 4.69) is 21.2 Å². The molecule has 0 fully saturated rings. The molecule has 0 spiro atoms. The third-order valence-electron chi connectivity index (χ3n) is 4.41. The van der Waals surface area contributed by atoms with Crippen LogP contribution in [-0.2, 0) is 4.79 Å². The number of hydrogen-bond donors (Lipinski definition) is 1. The summed E-state index contributed by atoms with van der Waals surface area (Å²) in [5.41, 5.74) is 1.01. The van der Waals surface area contributed by atoms with Crippen LogP contribution in [0.25, 0.3) is 0 Å². The number of nitrogens with zero attached hydrogens (tertiary/aromatic N) is 1. The van der Waals surface area contributed by atoms with E-state index in [0.29, 0.717) is 34.3 Å². The van der Waals surface area contributed by atoms with Crippen LogP contribution in [0.4, 0.5) is 11.4 Å². The lowest BCUT2D eigenvalue weighted by atomic mass is 9.93. The molecule has 1 aliphatic rings. The topological polar surface area (TPSA) is 58.6 Å². The van der Waals surface area contributed by atoms with Gasteiger partial charge >= 0.3 is 0 Å². The number of hydrogen-bond acceptors (Lipinski definition) is 3. The van der Waals surface area contributed by atoms with Crippen molar-refractivity contribution in [2.75, 3.05) is 23.4 Å². The zero-order valence-electron chi connectivity index (χ0n) is 15.3.